The highest BCUT2D eigenvalue weighted by Gasteiger charge is 2.53. The lowest BCUT2D eigenvalue weighted by Gasteiger charge is -2.45. The summed E-state index contributed by atoms with van der Waals surface area (Å²) in [6.07, 6.45) is 2.57. The van der Waals surface area contributed by atoms with Crippen LogP contribution in [0.25, 0.3) is 0 Å². The van der Waals surface area contributed by atoms with Gasteiger partial charge in [0.25, 0.3) is 0 Å². The van der Waals surface area contributed by atoms with E-state index in [2.05, 4.69) is 4.72 Å². The van der Waals surface area contributed by atoms with Gasteiger partial charge in [0.2, 0.25) is 0 Å². The Morgan fingerprint density at radius 3 is 2.59 bits per heavy atom. The van der Waals surface area contributed by atoms with Crippen LogP contribution in [-0.2, 0) is 20.5 Å². The van der Waals surface area contributed by atoms with Gasteiger partial charge in [-0.15, -0.1) is 11.3 Å². The van der Waals surface area contributed by atoms with Gasteiger partial charge in [0, 0.05) is 4.88 Å². The molecule has 2 atom stereocenters. The van der Waals surface area contributed by atoms with E-state index in [4.69, 9.17) is 4.74 Å². The maximum atomic E-state index is 12.6. The number of nitrogens with one attached hydrogen (secondary N) is 1. The lowest BCUT2D eigenvalue weighted by molar-refractivity contribution is -0.163. The molecule has 1 aliphatic carbocycles. The summed E-state index contributed by atoms with van der Waals surface area (Å²) in [5, 5.41) is 1.99. The maximum Gasteiger partial charge on any atom is 0.314 e. The van der Waals surface area contributed by atoms with Crippen LogP contribution in [0.5, 0.6) is 0 Å². The summed E-state index contributed by atoms with van der Waals surface area (Å²) in [7, 11) is -1.24. The molecule has 0 radical (unpaired) electrons. The fraction of sp³-hybridized carbons (Fsp3) is 0.688. The minimum atomic E-state index is -1.24. The Morgan fingerprint density at radius 1 is 1.50 bits per heavy atom. The van der Waals surface area contributed by atoms with E-state index in [0.717, 1.165) is 24.1 Å². The average Bonchev–Trinajstić information content (AvgIpc) is 2.88. The molecule has 6 heteroatoms. The Balaban J connectivity index is 2.32. The van der Waals surface area contributed by atoms with Gasteiger partial charge >= 0.3 is 5.97 Å². The lowest BCUT2D eigenvalue weighted by Crippen LogP contribution is -2.51. The smallest absolute Gasteiger partial charge is 0.314 e. The Bertz CT molecular complexity index is 530. The quantitative estimate of drug-likeness (QED) is 0.803. The van der Waals surface area contributed by atoms with E-state index < -0.39 is 16.4 Å². The largest absolute Gasteiger partial charge is 0.466 e. The zero-order valence-electron chi connectivity index (χ0n) is 13.7. The summed E-state index contributed by atoms with van der Waals surface area (Å²) in [6, 6.07) is 3.72. The Morgan fingerprint density at radius 2 is 2.18 bits per heavy atom. The molecule has 1 fully saturated rings. The molecule has 0 saturated heterocycles. The van der Waals surface area contributed by atoms with E-state index in [0.29, 0.717) is 6.61 Å². The van der Waals surface area contributed by atoms with Gasteiger partial charge in [-0.3, -0.25) is 4.79 Å². The van der Waals surface area contributed by atoms with Crippen LogP contribution in [0, 0.1) is 5.41 Å². The molecular weight excluding hydrogens is 318 g/mol. The monoisotopic (exact) mass is 343 g/mol. The van der Waals surface area contributed by atoms with E-state index in [9.17, 15) is 9.00 Å². The number of carbonyl (C=O) groups is 1. The third-order valence-electron chi connectivity index (χ3n) is 4.09. The van der Waals surface area contributed by atoms with Crippen molar-refractivity contribution in [2.24, 2.45) is 5.41 Å². The van der Waals surface area contributed by atoms with E-state index in [1.165, 1.54) is 0 Å². The van der Waals surface area contributed by atoms with Crippen molar-refractivity contribution in [1.82, 2.24) is 4.72 Å². The third-order valence-corrected chi connectivity index (χ3v) is 6.59. The van der Waals surface area contributed by atoms with Crippen LogP contribution in [0.4, 0.5) is 0 Å². The first-order chi connectivity index (χ1) is 10.3. The molecule has 0 amide bonds. The van der Waals surface area contributed by atoms with Crippen molar-refractivity contribution in [2.75, 3.05) is 6.61 Å². The highest BCUT2D eigenvalue weighted by atomic mass is 32.2. The van der Waals surface area contributed by atoms with E-state index in [1.807, 2.05) is 45.2 Å². The summed E-state index contributed by atoms with van der Waals surface area (Å²) < 4.78 is 20.8. The van der Waals surface area contributed by atoms with Crippen molar-refractivity contribution < 1.29 is 13.7 Å². The van der Waals surface area contributed by atoms with Crippen molar-refractivity contribution >= 4 is 28.3 Å². The van der Waals surface area contributed by atoms with E-state index in [-0.39, 0.29) is 16.8 Å². The summed E-state index contributed by atoms with van der Waals surface area (Å²) in [5.74, 6) is -0.168. The number of esters is 1. The average molecular weight is 344 g/mol. The Labute approximate surface area is 139 Å². The Hall–Kier alpha value is -0.720. The third kappa shape index (κ3) is 3.44. The van der Waals surface area contributed by atoms with Crippen LogP contribution in [0.3, 0.4) is 0 Å². The molecule has 0 unspecified atom stereocenters. The van der Waals surface area contributed by atoms with Crippen LogP contribution >= 0.6 is 11.3 Å². The van der Waals surface area contributed by atoms with Crippen LogP contribution in [0.2, 0.25) is 0 Å². The second kappa shape index (κ2) is 6.81. The summed E-state index contributed by atoms with van der Waals surface area (Å²) in [6.45, 7) is 7.99. The number of hydrogen-bond acceptors (Lipinski definition) is 4. The van der Waals surface area contributed by atoms with Crippen LogP contribution in [0.15, 0.2) is 17.5 Å². The number of carbonyl (C=O) groups excluding carboxylic acids is 1. The van der Waals surface area contributed by atoms with Crippen LogP contribution in [-0.4, -0.2) is 21.5 Å². The highest BCUT2D eigenvalue weighted by molar-refractivity contribution is 7.84. The van der Waals surface area contributed by atoms with Gasteiger partial charge in [0.15, 0.2) is 0 Å². The van der Waals surface area contributed by atoms with Crippen molar-refractivity contribution in [3.05, 3.63) is 22.4 Å². The SMILES string of the molecule is CCOC(=O)C1([C@@H](N[S@](=O)C(C)(C)C)c2cccs2)CCC1. The van der Waals surface area contributed by atoms with Gasteiger partial charge in [0.05, 0.1) is 33.8 Å². The van der Waals surface area contributed by atoms with Crippen molar-refractivity contribution in [2.45, 2.75) is 57.7 Å². The van der Waals surface area contributed by atoms with Gasteiger partial charge < -0.3 is 4.74 Å². The van der Waals surface area contributed by atoms with Gasteiger partial charge in [-0.25, -0.2) is 8.93 Å². The molecule has 1 N–H and O–H groups in total. The standard InChI is InChI=1S/C16H25NO3S2/c1-5-20-14(18)16(9-7-10-16)13(12-8-6-11-21-12)17-22(19)15(2,3)4/h6,8,11,13,17H,5,7,9-10H2,1-4H3/t13-,22+/m0/s1. The predicted octanol–water partition coefficient (Wildman–Crippen LogP) is 3.57. The lowest BCUT2D eigenvalue weighted by atomic mass is 9.64. The molecule has 1 heterocycles. The first kappa shape index (κ1) is 17.6. The van der Waals surface area contributed by atoms with Crippen molar-refractivity contribution in [3.8, 4) is 0 Å². The molecule has 1 saturated carbocycles. The number of hydrogen-bond donors (Lipinski definition) is 1. The highest BCUT2D eigenvalue weighted by Crippen LogP contribution is 2.52. The summed E-state index contributed by atoms with van der Waals surface area (Å²) >= 11 is 1.59. The van der Waals surface area contributed by atoms with Gasteiger partial charge in [-0.2, -0.15) is 0 Å². The molecule has 4 nitrogen and oxygen atoms in total. The second-order valence-electron chi connectivity index (χ2n) is 6.68. The molecule has 1 aliphatic rings. The molecular formula is C16H25NO3S2. The minimum absolute atomic E-state index is 0.168. The number of ether oxygens (including phenoxy) is 1. The van der Waals surface area contributed by atoms with Gasteiger partial charge in [-0.1, -0.05) is 12.5 Å². The van der Waals surface area contributed by atoms with Gasteiger partial charge in [-0.05, 0) is 52.0 Å². The summed E-state index contributed by atoms with van der Waals surface area (Å²) in [4.78, 5) is 13.6. The molecule has 1 aromatic rings. The molecule has 0 spiro atoms. The van der Waals surface area contributed by atoms with Crippen molar-refractivity contribution in [3.63, 3.8) is 0 Å². The number of thiophene rings is 1. The number of rotatable bonds is 6. The first-order valence-corrected chi connectivity index (χ1v) is 9.73. The maximum absolute atomic E-state index is 12.6. The fourth-order valence-electron chi connectivity index (χ4n) is 2.63. The first-order valence-electron chi connectivity index (χ1n) is 7.70. The van der Waals surface area contributed by atoms with Crippen LogP contribution in [0.1, 0.15) is 57.9 Å². The zero-order chi connectivity index (χ0) is 16.4. The second-order valence-corrected chi connectivity index (χ2v) is 9.65. The molecule has 0 aromatic carbocycles. The fourth-order valence-corrected chi connectivity index (χ4v) is 4.51. The van der Waals surface area contributed by atoms with Crippen molar-refractivity contribution in [1.29, 1.82) is 0 Å². The van der Waals surface area contributed by atoms with Gasteiger partial charge in [0.1, 0.15) is 0 Å². The molecule has 124 valence electrons. The molecule has 0 bridgehead atoms. The normalized spacial score (nSPS) is 20.0. The molecule has 22 heavy (non-hydrogen) atoms. The minimum Gasteiger partial charge on any atom is -0.466 e. The topological polar surface area (TPSA) is 55.4 Å². The molecule has 1 aromatic heterocycles. The zero-order valence-corrected chi connectivity index (χ0v) is 15.3. The summed E-state index contributed by atoms with van der Waals surface area (Å²) in [5.41, 5.74) is -0.582. The Kier molecular flexibility index (Phi) is 5.45. The molecule has 2 rings (SSSR count). The predicted molar refractivity (Wildman–Crippen MR) is 91.0 cm³/mol. The van der Waals surface area contributed by atoms with E-state index >= 15 is 0 Å². The van der Waals surface area contributed by atoms with Crippen LogP contribution < -0.4 is 4.72 Å². The molecule has 0 aliphatic heterocycles. The van der Waals surface area contributed by atoms with E-state index in [1.54, 1.807) is 11.3 Å².